The van der Waals surface area contributed by atoms with E-state index in [2.05, 4.69) is 79.9 Å². The van der Waals surface area contributed by atoms with Gasteiger partial charge in [0.25, 0.3) is 0 Å². The first-order valence-electron chi connectivity index (χ1n) is 15.7. The molecule has 0 spiro atoms. The summed E-state index contributed by atoms with van der Waals surface area (Å²) in [6.45, 7) is 22.3. The summed E-state index contributed by atoms with van der Waals surface area (Å²) in [5, 5.41) is 7.73. The van der Waals surface area contributed by atoms with Gasteiger partial charge in [-0.1, -0.05) is 41.5 Å². The topological polar surface area (TPSA) is 76.7 Å². The zero-order valence-electron chi connectivity index (χ0n) is 26.2. The van der Waals surface area contributed by atoms with Crippen LogP contribution in [0.25, 0.3) is 0 Å². The highest BCUT2D eigenvalue weighted by atomic mass is 16.5. The molecule has 0 aromatic rings. The third kappa shape index (κ3) is 6.43. The molecule has 3 rings (SSSR count). The number of rotatable bonds is 8. The molecular weight excluding hydrogens is 476 g/mol. The lowest BCUT2D eigenvalue weighted by Crippen LogP contribution is -2.66. The summed E-state index contributed by atoms with van der Waals surface area (Å²) in [6, 6.07) is 0. The van der Waals surface area contributed by atoms with Crippen LogP contribution in [-0.4, -0.2) is 46.3 Å². The lowest BCUT2D eigenvalue weighted by Gasteiger charge is -2.53. The highest BCUT2D eigenvalue weighted by molar-refractivity contribution is 5.75. The van der Waals surface area contributed by atoms with Crippen LogP contribution in [0.2, 0.25) is 0 Å². The second kappa shape index (κ2) is 11.8. The molecule has 38 heavy (non-hydrogen) atoms. The number of esters is 2. The Balaban J connectivity index is 1.57. The van der Waals surface area contributed by atoms with Gasteiger partial charge in [-0.05, 0) is 79.1 Å². The van der Waals surface area contributed by atoms with Gasteiger partial charge in [-0.3, -0.25) is 9.59 Å². The van der Waals surface area contributed by atoms with Crippen LogP contribution in [0.4, 0.5) is 0 Å². The molecule has 1 aliphatic carbocycles. The number of hydrogen-bond acceptors (Lipinski definition) is 6. The van der Waals surface area contributed by atoms with Gasteiger partial charge in [0.2, 0.25) is 0 Å². The molecule has 0 bridgehead atoms. The van der Waals surface area contributed by atoms with Gasteiger partial charge in [0.15, 0.2) is 0 Å². The van der Waals surface area contributed by atoms with Crippen LogP contribution in [0.15, 0.2) is 0 Å². The van der Waals surface area contributed by atoms with Crippen molar-refractivity contribution in [1.29, 1.82) is 0 Å². The van der Waals surface area contributed by atoms with E-state index in [0.29, 0.717) is 25.7 Å². The van der Waals surface area contributed by atoms with Gasteiger partial charge in [-0.15, -0.1) is 0 Å². The Morgan fingerprint density at radius 2 is 0.947 bits per heavy atom. The van der Waals surface area contributed by atoms with Crippen LogP contribution in [0.1, 0.15) is 133 Å². The van der Waals surface area contributed by atoms with Crippen molar-refractivity contribution in [3.63, 3.8) is 0 Å². The minimum atomic E-state index is -0.119. The van der Waals surface area contributed by atoms with Gasteiger partial charge in [0.1, 0.15) is 12.2 Å². The first-order valence-corrected chi connectivity index (χ1v) is 15.7. The van der Waals surface area contributed by atoms with Crippen LogP contribution in [0, 0.1) is 23.7 Å². The number of carbonyl (C=O) groups excluding carboxylic acids is 2. The average molecular weight is 535 g/mol. The monoisotopic (exact) mass is 534 g/mol. The molecule has 3 aliphatic rings. The molecule has 1 saturated carbocycles. The Bertz CT molecular complexity index is 773. The molecule has 0 aromatic heterocycles. The first-order chi connectivity index (χ1) is 17.7. The fourth-order valence-corrected chi connectivity index (χ4v) is 7.40. The molecule has 2 N–H and O–H groups in total. The molecule has 8 atom stereocenters. The Labute approximate surface area is 233 Å². The zero-order chi connectivity index (χ0) is 28.5. The summed E-state index contributed by atoms with van der Waals surface area (Å²) < 4.78 is 12.5. The maximum Gasteiger partial charge on any atom is 0.309 e. The number of hydrogen-bond donors (Lipinski definition) is 2. The van der Waals surface area contributed by atoms with Gasteiger partial charge in [0, 0.05) is 46.8 Å². The second-order valence-electron chi connectivity index (χ2n) is 14.1. The molecule has 2 heterocycles. The maximum absolute atomic E-state index is 13.3. The predicted octanol–water partition coefficient (Wildman–Crippen LogP) is 6.55. The van der Waals surface area contributed by atoms with E-state index in [9.17, 15) is 9.59 Å². The van der Waals surface area contributed by atoms with Crippen LogP contribution in [0.3, 0.4) is 0 Å². The van der Waals surface area contributed by atoms with E-state index in [-0.39, 0.29) is 70.0 Å². The van der Waals surface area contributed by atoms with Crippen LogP contribution < -0.4 is 10.6 Å². The average Bonchev–Trinajstić information content (AvgIpc) is 2.90. The molecule has 220 valence electrons. The molecular formula is C32H58N2O4. The zero-order valence-corrected chi connectivity index (χ0v) is 26.2. The SMILES string of the molecule is CCC1(C)CC(OC(=O)C2CCC(C(=O)OC3CC(C)(CC)NC(C)(CC)C3C)CC2)C(C)C(C)(CC)N1. The third-order valence-corrected chi connectivity index (χ3v) is 11.6. The van der Waals surface area contributed by atoms with Crippen molar-refractivity contribution >= 4 is 11.9 Å². The molecule has 0 radical (unpaired) electrons. The van der Waals surface area contributed by atoms with Crippen LogP contribution in [0.5, 0.6) is 0 Å². The minimum Gasteiger partial charge on any atom is -0.462 e. The van der Waals surface area contributed by atoms with Crippen LogP contribution in [-0.2, 0) is 19.1 Å². The number of nitrogens with one attached hydrogen (secondary N) is 2. The second-order valence-corrected chi connectivity index (χ2v) is 14.1. The smallest absolute Gasteiger partial charge is 0.309 e. The normalized spacial score (nSPS) is 45.8. The Morgan fingerprint density at radius 3 is 1.21 bits per heavy atom. The minimum absolute atomic E-state index is 0.0306. The Hall–Kier alpha value is -1.14. The molecule has 8 unspecified atom stereocenters. The van der Waals surface area contributed by atoms with E-state index in [1.807, 2.05) is 0 Å². The summed E-state index contributed by atoms with van der Waals surface area (Å²) >= 11 is 0. The summed E-state index contributed by atoms with van der Waals surface area (Å²) in [7, 11) is 0. The van der Waals surface area contributed by atoms with Crippen molar-refractivity contribution in [3.8, 4) is 0 Å². The molecule has 2 aliphatic heterocycles. The van der Waals surface area contributed by atoms with E-state index in [0.717, 1.165) is 38.5 Å². The van der Waals surface area contributed by atoms with E-state index >= 15 is 0 Å². The van der Waals surface area contributed by atoms with Crippen molar-refractivity contribution in [2.75, 3.05) is 0 Å². The molecule has 6 nitrogen and oxygen atoms in total. The molecule has 0 amide bonds. The summed E-state index contributed by atoms with van der Waals surface area (Å²) in [5.74, 6) is 0.112. The van der Waals surface area contributed by atoms with E-state index in [1.54, 1.807) is 0 Å². The fraction of sp³-hybridized carbons (Fsp3) is 0.938. The Kier molecular flexibility index (Phi) is 9.72. The maximum atomic E-state index is 13.3. The van der Waals surface area contributed by atoms with Crippen molar-refractivity contribution in [3.05, 3.63) is 0 Å². The van der Waals surface area contributed by atoms with Gasteiger partial charge in [-0.25, -0.2) is 0 Å². The van der Waals surface area contributed by atoms with Crippen molar-refractivity contribution in [2.24, 2.45) is 23.7 Å². The van der Waals surface area contributed by atoms with Crippen molar-refractivity contribution < 1.29 is 19.1 Å². The molecule has 3 fully saturated rings. The molecule has 2 saturated heterocycles. The summed E-state index contributed by atoms with van der Waals surface area (Å²) in [4.78, 5) is 26.6. The number of piperidine rings is 2. The van der Waals surface area contributed by atoms with Gasteiger partial charge in [0.05, 0.1) is 11.8 Å². The van der Waals surface area contributed by atoms with Gasteiger partial charge < -0.3 is 20.1 Å². The predicted molar refractivity (Wildman–Crippen MR) is 154 cm³/mol. The Morgan fingerprint density at radius 1 is 0.632 bits per heavy atom. The van der Waals surface area contributed by atoms with E-state index < -0.39 is 0 Å². The van der Waals surface area contributed by atoms with E-state index in [1.165, 1.54) is 0 Å². The summed E-state index contributed by atoms with van der Waals surface area (Å²) in [5.41, 5.74) is -0.167. The molecule has 6 heteroatoms. The van der Waals surface area contributed by atoms with Crippen LogP contribution >= 0.6 is 0 Å². The standard InChI is InChI=1S/C32H58N2O4/c1-11-29(7)19-25(21(5)31(9,13-3)33-29)37-27(35)23-15-17-24(18-16-23)28(36)38-26-20-30(8,12-2)34-32(10,14-4)22(26)6/h21-26,33-34H,11-20H2,1-10H3. The number of ether oxygens (including phenoxy) is 2. The van der Waals surface area contributed by atoms with Gasteiger partial charge >= 0.3 is 11.9 Å². The van der Waals surface area contributed by atoms with E-state index in [4.69, 9.17) is 9.47 Å². The largest absolute Gasteiger partial charge is 0.462 e. The lowest BCUT2D eigenvalue weighted by atomic mass is 9.70. The highest BCUT2D eigenvalue weighted by Gasteiger charge is 2.50. The quantitative estimate of drug-likeness (QED) is 0.344. The third-order valence-electron chi connectivity index (χ3n) is 11.6. The van der Waals surface area contributed by atoms with Crippen molar-refractivity contribution in [1.82, 2.24) is 10.6 Å². The van der Waals surface area contributed by atoms with Crippen molar-refractivity contribution in [2.45, 2.75) is 168 Å². The summed E-state index contributed by atoms with van der Waals surface area (Å²) in [6.07, 6.45) is 8.33. The first kappa shape index (κ1) is 31.4. The number of carbonyl (C=O) groups is 2. The highest BCUT2D eigenvalue weighted by Crippen LogP contribution is 2.42. The molecule has 0 aromatic carbocycles. The fourth-order valence-electron chi connectivity index (χ4n) is 7.40. The lowest BCUT2D eigenvalue weighted by molar-refractivity contribution is -0.170. The van der Waals surface area contributed by atoms with Gasteiger partial charge in [-0.2, -0.15) is 0 Å².